The largest absolute Gasteiger partial charge is 0.444 e. The van der Waals surface area contributed by atoms with Crippen LogP contribution in [0.5, 0.6) is 0 Å². The molecule has 1 aliphatic rings. The molecule has 1 aromatic rings. The number of halogens is 1. The molecule has 1 heterocycles. The fraction of sp³-hybridized carbons (Fsp3) is 0.375. The van der Waals surface area contributed by atoms with Crippen molar-refractivity contribution in [1.82, 2.24) is 4.90 Å². The second-order valence-corrected chi connectivity index (χ2v) is 6.44. The van der Waals surface area contributed by atoms with E-state index in [2.05, 4.69) is 5.32 Å². The molecule has 0 fully saturated rings. The van der Waals surface area contributed by atoms with Gasteiger partial charge >= 0.3 is 6.09 Å². The van der Waals surface area contributed by atoms with Crippen LogP contribution in [0, 0.1) is 0 Å². The molecule has 1 aromatic carbocycles. The second-order valence-electron chi connectivity index (χ2n) is 6.00. The average Bonchev–Trinajstić information content (AvgIpc) is 2.89. The summed E-state index contributed by atoms with van der Waals surface area (Å²) in [6.07, 6.45) is 2.96. The summed E-state index contributed by atoms with van der Waals surface area (Å²) < 4.78 is 5.32. The highest BCUT2D eigenvalue weighted by atomic mass is 35.5. The first-order valence-electron chi connectivity index (χ1n) is 6.99. The van der Waals surface area contributed by atoms with Crippen LogP contribution < -0.4 is 5.32 Å². The second kappa shape index (κ2) is 6.40. The van der Waals surface area contributed by atoms with E-state index in [0.29, 0.717) is 17.3 Å². The number of carbonyl (C=O) groups excluding carboxylic acids is 2. The fourth-order valence-corrected chi connectivity index (χ4v) is 2.13. The number of carbonyl (C=O) groups is 2. The SMILES string of the molecule is CC(C)(C)OC(=O)N1CC=CC1C(=O)Nc1ccc(Cl)cc1. The first-order chi connectivity index (χ1) is 10.3. The number of amides is 2. The van der Waals surface area contributed by atoms with E-state index in [4.69, 9.17) is 16.3 Å². The standard InChI is InChI=1S/C16H19ClN2O3/c1-16(2,3)22-15(21)19-10-4-5-13(19)14(20)18-12-8-6-11(17)7-9-12/h4-9,13H,10H2,1-3H3,(H,18,20). The molecule has 0 aliphatic carbocycles. The lowest BCUT2D eigenvalue weighted by Gasteiger charge is -2.28. The molecule has 0 bridgehead atoms. The summed E-state index contributed by atoms with van der Waals surface area (Å²) in [5.41, 5.74) is 0.0236. The fourth-order valence-electron chi connectivity index (χ4n) is 2.01. The zero-order valence-electron chi connectivity index (χ0n) is 12.8. The Hall–Kier alpha value is -2.01. The number of ether oxygens (including phenoxy) is 1. The highest BCUT2D eigenvalue weighted by Gasteiger charge is 2.33. The van der Waals surface area contributed by atoms with Crippen molar-refractivity contribution in [3.05, 3.63) is 41.4 Å². The van der Waals surface area contributed by atoms with E-state index in [1.165, 1.54) is 4.90 Å². The first kappa shape index (κ1) is 16.4. The lowest BCUT2D eigenvalue weighted by atomic mass is 10.2. The van der Waals surface area contributed by atoms with Gasteiger partial charge < -0.3 is 10.1 Å². The first-order valence-corrected chi connectivity index (χ1v) is 7.37. The van der Waals surface area contributed by atoms with E-state index in [-0.39, 0.29) is 5.91 Å². The molecule has 2 rings (SSSR count). The van der Waals surface area contributed by atoms with Crippen molar-refractivity contribution in [2.75, 3.05) is 11.9 Å². The quantitative estimate of drug-likeness (QED) is 0.848. The predicted molar refractivity (Wildman–Crippen MR) is 85.9 cm³/mol. The van der Waals surface area contributed by atoms with Crippen LogP contribution >= 0.6 is 11.6 Å². The van der Waals surface area contributed by atoms with Gasteiger partial charge in [-0.2, -0.15) is 0 Å². The Morgan fingerprint density at radius 2 is 1.91 bits per heavy atom. The Balaban J connectivity index is 2.03. The topological polar surface area (TPSA) is 58.6 Å². The lowest BCUT2D eigenvalue weighted by Crippen LogP contribution is -2.45. The summed E-state index contributed by atoms with van der Waals surface area (Å²) in [6, 6.07) is 6.11. The Morgan fingerprint density at radius 1 is 1.27 bits per heavy atom. The van der Waals surface area contributed by atoms with Gasteiger partial charge in [-0.3, -0.25) is 9.69 Å². The smallest absolute Gasteiger partial charge is 0.411 e. The number of hydrogen-bond acceptors (Lipinski definition) is 3. The molecule has 1 N–H and O–H groups in total. The molecule has 0 saturated carbocycles. The van der Waals surface area contributed by atoms with Gasteiger partial charge in [-0.05, 0) is 45.0 Å². The summed E-state index contributed by atoms with van der Waals surface area (Å²) in [4.78, 5) is 25.9. The monoisotopic (exact) mass is 322 g/mol. The van der Waals surface area contributed by atoms with Crippen molar-refractivity contribution < 1.29 is 14.3 Å². The summed E-state index contributed by atoms with van der Waals surface area (Å²) >= 11 is 5.81. The number of rotatable bonds is 2. The van der Waals surface area contributed by atoms with Gasteiger partial charge in [-0.1, -0.05) is 23.8 Å². The molecule has 5 nitrogen and oxygen atoms in total. The van der Waals surface area contributed by atoms with Gasteiger partial charge in [-0.15, -0.1) is 0 Å². The van der Waals surface area contributed by atoms with Crippen LogP contribution in [0.2, 0.25) is 5.02 Å². The summed E-state index contributed by atoms with van der Waals surface area (Å²) in [5.74, 6) is -0.290. The van der Waals surface area contributed by atoms with Crippen molar-refractivity contribution in [3.63, 3.8) is 0 Å². The Kier molecular flexibility index (Phi) is 4.76. The minimum Gasteiger partial charge on any atom is -0.444 e. The lowest BCUT2D eigenvalue weighted by molar-refractivity contribution is -0.119. The van der Waals surface area contributed by atoms with Gasteiger partial charge in [0, 0.05) is 17.3 Å². The van der Waals surface area contributed by atoms with E-state index >= 15 is 0 Å². The minimum absolute atomic E-state index is 0.290. The van der Waals surface area contributed by atoms with Crippen LogP contribution in [-0.4, -0.2) is 35.1 Å². The zero-order valence-corrected chi connectivity index (χ0v) is 13.6. The van der Waals surface area contributed by atoms with Crippen LogP contribution in [0.25, 0.3) is 0 Å². The molecule has 6 heteroatoms. The summed E-state index contributed by atoms with van der Waals surface area (Å²) in [6.45, 7) is 5.72. The Morgan fingerprint density at radius 3 is 2.50 bits per heavy atom. The van der Waals surface area contributed by atoms with Gasteiger partial charge in [-0.25, -0.2) is 4.79 Å². The van der Waals surface area contributed by atoms with E-state index in [9.17, 15) is 9.59 Å². The third-order valence-corrected chi connectivity index (χ3v) is 3.22. The van der Waals surface area contributed by atoms with Crippen molar-refractivity contribution in [3.8, 4) is 0 Å². The van der Waals surface area contributed by atoms with Gasteiger partial charge in [0.2, 0.25) is 0 Å². The van der Waals surface area contributed by atoms with Crippen molar-refractivity contribution in [2.45, 2.75) is 32.4 Å². The maximum atomic E-state index is 12.3. The molecule has 0 radical (unpaired) electrons. The van der Waals surface area contributed by atoms with Crippen LogP contribution in [-0.2, 0) is 9.53 Å². The highest BCUT2D eigenvalue weighted by Crippen LogP contribution is 2.19. The van der Waals surface area contributed by atoms with Gasteiger partial charge in [0.05, 0.1) is 0 Å². The number of hydrogen-bond donors (Lipinski definition) is 1. The molecule has 0 spiro atoms. The molecule has 1 unspecified atom stereocenters. The molecule has 0 saturated heterocycles. The Bertz CT molecular complexity index is 590. The summed E-state index contributed by atoms with van der Waals surface area (Å²) in [7, 11) is 0. The number of anilines is 1. The third kappa shape index (κ3) is 4.24. The maximum absolute atomic E-state index is 12.3. The summed E-state index contributed by atoms with van der Waals surface area (Å²) in [5, 5.41) is 3.35. The van der Waals surface area contributed by atoms with Crippen LogP contribution in [0.1, 0.15) is 20.8 Å². The van der Waals surface area contributed by atoms with E-state index in [0.717, 1.165) is 0 Å². The highest BCUT2D eigenvalue weighted by molar-refractivity contribution is 6.30. The van der Waals surface area contributed by atoms with E-state index in [1.807, 2.05) is 0 Å². The van der Waals surface area contributed by atoms with E-state index in [1.54, 1.807) is 57.2 Å². The number of nitrogens with zero attached hydrogens (tertiary/aromatic N) is 1. The van der Waals surface area contributed by atoms with Gasteiger partial charge in [0.15, 0.2) is 0 Å². The molecule has 0 aromatic heterocycles. The van der Waals surface area contributed by atoms with Gasteiger partial charge in [0.25, 0.3) is 5.91 Å². The molecule has 1 atom stereocenters. The van der Waals surface area contributed by atoms with Crippen molar-refractivity contribution in [1.29, 1.82) is 0 Å². The maximum Gasteiger partial charge on any atom is 0.411 e. The van der Waals surface area contributed by atoms with Crippen LogP contribution in [0.3, 0.4) is 0 Å². The predicted octanol–water partition coefficient (Wildman–Crippen LogP) is 3.45. The molecule has 118 valence electrons. The number of nitrogens with one attached hydrogen (secondary N) is 1. The normalized spacial score (nSPS) is 17.5. The van der Waals surface area contributed by atoms with E-state index < -0.39 is 17.7 Å². The van der Waals surface area contributed by atoms with Gasteiger partial charge in [0.1, 0.15) is 11.6 Å². The number of benzene rings is 1. The molecule has 1 aliphatic heterocycles. The van der Waals surface area contributed by atoms with Crippen molar-refractivity contribution >= 4 is 29.3 Å². The molecule has 2 amide bonds. The minimum atomic E-state index is -0.675. The molecular weight excluding hydrogens is 304 g/mol. The molecule has 22 heavy (non-hydrogen) atoms. The molecular formula is C16H19ClN2O3. The zero-order chi connectivity index (χ0) is 16.3. The average molecular weight is 323 g/mol. The van der Waals surface area contributed by atoms with Crippen LogP contribution in [0.15, 0.2) is 36.4 Å². The van der Waals surface area contributed by atoms with Crippen LogP contribution in [0.4, 0.5) is 10.5 Å². The third-order valence-electron chi connectivity index (χ3n) is 2.96. The van der Waals surface area contributed by atoms with Crippen molar-refractivity contribution in [2.24, 2.45) is 0 Å². The Labute approximate surface area is 134 Å².